The molecular weight excluding hydrogens is 576 g/mol. The Hall–Kier alpha value is -4.38. The SMILES string of the molecule is OCCCC1(CCCC2(CCCO)c3ccccc3-c3nc4ccccc4cc32)c2ccccc2-c2nc3c(cc21)/C=C\CCC=C3. The summed E-state index contributed by atoms with van der Waals surface area (Å²) in [6, 6.07) is 30.8. The predicted octanol–water partition coefficient (Wildman–Crippen LogP) is 9.40. The van der Waals surface area contributed by atoms with Crippen molar-refractivity contribution in [1.29, 1.82) is 0 Å². The van der Waals surface area contributed by atoms with Gasteiger partial charge in [0, 0.05) is 46.1 Å². The summed E-state index contributed by atoms with van der Waals surface area (Å²) in [5.74, 6) is 0. The van der Waals surface area contributed by atoms with Gasteiger partial charge in [0.05, 0.1) is 22.6 Å². The number of pyridine rings is 2. The second kappa shape index (κ2) is 12.3. The molecular formula is C43H42N2O2. The molecule has 0 bridgehead atoms. The van der Waals surface area contributed by atoms with Crippen molar-refractivity contribution >= 4 is 23.1 Å². The predicted molar refractivity (Wildman–Crippen MR) is 192 cm³/mol. The molecule has 3 aliphatic carbocycles. The van der Waals surface area contributed by atoms with Crippen molar-refractivity contribution in [1.82, 2.24) is 9.97 Å². The molecule has 2 atom stereocenters. The third-order valence-electron chi connectivity index (χ3n) is 11.0. The Balaban J connectivity index is 1.24. The largest absolute Gasteiger partial charge is 0.396 e. The van der Waals surface area contributed by atoms with E-state index < -0.39 is 0 Å². The van der Waals surface area contributed by atoms with Crippen LogP contribution in [0.25, 0.3) is 45.6 Å². The van der Waals surface area contributed by atoms with Crippen molar-refractivity contribution in [3.8, 4) is 22.5 Å². The van der Waals surface area contributed by atoms with Crippen molar-refractivity contribution in [3.63, 3.8) is 0 Å². The second-order valence-electron chi connectivity index (χ2n) is 13.6. The number of hydrogen-bond donors (Lipinski definition) is 2. The van der Waals surface area contributed by atoms with Crippen LogP contribution in [0.15, 0.2) is 97.1 Å². The Kier molecular flexibility index (Phi) is 7.87. The van der Waals surface area contributed by atoms with Gasteiger partial charge in [-0.15, -0.1) is 0 Å². The van der Waals surface area contributed by atoms with E-state index in [-0.39, 0.29) is 24.0 Å². The Morgan fingerprint density at radius 3 is 1.79 bits per heavy atom. The van der Waals surface area contributed by atoms with E-state index in [9.17, 15) is 10.2 Å². The fourth-order valence-electron chi connectivity index (χ4n) is 8.95. The lowest BCUT2D eigenvalue weighted by atomic mass is 9.67. The standard InChI is InChI=1S/C43H42N2O2/c46-26-12-24-42(34-18-8-6-16-32(34)40-36(42)28-30-14-3-1-2-4-20-38(30)44-40)22-11-23-43(25-13-27-47)35-19-9-7-17-33(35)41-37(43)29-31-15-5-10-21-39(31)45-41/h3-10,14-21,28-29,46-47H,1-2,11-13,22-27H2/b14-3-,20-4?. The first-order valence-electron chi connectivity index (χ1n) is 17.4. The normalized spacial score (nSPS) is 21.0. The average Bonchev–Trinajstić information content (AvgIpc) is 3.51. The molecule has 47 heavy (non-hydrogen) atoms. The molecule has 2 heterocycles. The van der Waals surface area contributed by atoms with Crippen LogP contribution in [0.1, 0.15) is 91.3 Å². The lowest BCUT2D eigenvalue weighted by Crippen LogP contribution is -2.30. The van der Waals surface area contributed by atoms with Gasteiger partial charge in [-0.05, 0) is 97.9 Å². The number of aliphatic hydroxyl groups is 2. The molecule has 0 aliphatic heterocycles. The van der Waals surface area contributed by atoms with Gasteiger partial charge in [0.1, 0.15) is 0 Å². The summed E-state index contributed by atoms with van der Waals surface area (Å²) >= 11 is 0. The van der Waals surface area contributed by atoms with Gasteiger partial charge in [0.25, 0.3) is 0 Å². The van der Waals surface area contributed by atoms with E-state index in [0.717, 1.165) is 85.8 Å². The van der Waals surface area contributed by atoms with Crippen molar-refractivity contribution in [2.75, 3.05) is 13.2 Å². The Morgan fingerprint density at radius 1 is 0.553 bits per heavy atom. The first-order chi connectivity index (χ1) is 23.2. The van der Waals surface area contributed by atoms with Crippen LogP contribution in [0, 0.1) is 0 Å². The summed E-state index contributed by atoms with van der Waals surface area (Å²) < 4.78 is 0. The van der Waals surface area contributed by atoms with E-state index in [1.165, 1.54) is 38.9 Å². The van der Waals surface area contributed by atoms with Gasteiger partial charge < -0.3 is 10.2 Å². The molecule has 0 radical (unpaired) electrons. The topological polar surface area (TPSA) is 66.2 Å². The first kappa shape index (κ1) is 30.0. The van der Waals surface area contributed by atoms with Gasteiger partial charge in [-0.25, -0.2) is 9.97 Å². The molecule has 0 saturated heterocycles. The number of hydrogen-bond acceptors (Lipinski definition) is 4. The van der Waals surface area contributed by atoms with E-state index in [1.54, 1.807) is 0 Å². The Bertz CT molecular complexity index is 2030. The molecule has 236 valence electrons. The number of rotatable bonds is 10. The maximum atomic E-state index is 10.2. The zero-order valence-electron chi connectivity index (χ0n) is 27.0. The van der Waals surface area contributed by atoms with Crippen LogP contribution < -0.4 is 0 Å². The van der Waals surface area contributed by atoms with E-state index in [0.29, 0.717) is 0 Å². The highest BCUT2D eigenvalue weighted by atomic mass is 16.3. The van der Waals surface area contributed by atoms with Gasteiger partial charge in [-0.2, -0.15) is 0 Å². The number of fused-ring (bicyclic) bond motifs is 8. The molecule has 2 N–H and O–H groups in total. The lowest BCUT2D eigenvalue weighted by Gasteiger charge is -2.36. The number of nitrogens with zero attached hydrogens (tertiary/aromatic N) is 2. The van der Waals surface area contributed by atoms with Crippen LogP contribution in [0.4, 0.5) is 0 Å². The maximum Gasteiger partial charge on any atom is 0.0753 e. The molecule has 0 fully saturated rings. The summed E-state index contributed by atoms with van der Waals surface area (Å²) in [7, 11) is 0. The van der Waals surface area contributed by atoms with Crippen molar-refractivity contribution in [2.45, 2.75) is 68.6 Å². The molecule has 8 rings (SSSR count). The fourth-order valence-corrected chi connectivity index (χ4v) is 8.95. The van der Waals surface area contributed by atoms with Crippen molar-refractivity contribution in [2.24, 2.45) is 0 Å². The number of benzene rings is 3. The zero-order chi connectivity index (χ0) is 31.8. The van der Waals surface area contributed by atoms with Crippen LogP contribution in [0.2, 0.25) is 0 Å². The molecule has 4 heteroatoms. The van der Waals surface area contributed by atoms with Crippen LogP contribution in [-0.2, 0) is 10.8 Å². The minimum atomic E-state index is -0.239. The maximum absolute atomic E-state index is 10.2. The first-order valence-corrected chi connectivity index (χ1v) is 17.4. The molecule has 0 saturated carbocycles. The van der Waals surface area contributed by atoms with Crippen LogP contribution in [0.3, 0.4) is 0 Å². The van der Waals surface area contributed by atoms with E-state index in [1.807, 2.05) is 0 Å². The smallest absolute Gasteiger partial charge is 0.0753 e. The van der Waals surface area contributed by atoms with Gasteiger partial charge in [-0.1, -0.05) is 91.4 Å². The Morgan fingerprint density at radius 2 is 1.11 bits per heavy atom. The number of allylic oxidation sites excluding steroid dienone is 2. The molecule has 5 aromatic rings. The highest BCUT2D eigenvalue weighted by molar-refractivity contribution is 5.88. The van der Waals surface area contributed by atoms with E-state index >= 15 is 0 Å². The highest BCUT2D eigenvalue weighted by Crippen LogP contribution is 2.57. The minimum Gasteiger partial charge on any atom is -0.396 e. The zero-order valence-corrected chi connectivity index (χ0v) is 27.0. The van der Waals surface area contributed by atoms with Gasteiger partial charge in [-0.3, -0.25) is 0 Å². The van der Waals surface area contributed by atoms with Gasteiger partial charge in [0.15, 0.2) is 0 Å². The van der Waals surface area contributed by atoms with Gasteiger partial charge >= 0.3 is 0 Å². The minimum absolute atomic E-state index is 0.167. The third-order valence-corrected chi connectivity index (χ3v) is 11.0. The number of aromatic nitrogens is 2. The van der Waals surface area contributed by atoms with Crippen LogP contribution in [-0.4, -0.2) is 33.4 Å². The van der Waals surface area contributed by atoms with Crippen molar-refractivity contribution < 1.29 is 10.2 Å². The summed E-state index contributed by atoms with van der Waals surface area (Å²) in [6.45, 7) is 0.334. The van der Waals surface area contributed by atoms with Crippen molar-refractivity contribution in [3.05, 3.63) is 131 Å². The quantitative estimate of drug-likeness (QED) is 0.164. The average molecular weight is 619 g/mol. The molecule has 3 aromatic carbocycles. The summed E-state index contributed by atoms with van der Waals surface area (Å²) in [5, 5.41) is 21.5. The lowest BCUT2D eigenvalue weighted by molar-refractivity contribution is 0.256. The number of aliphatic hydroxyl groups excluding tert-OH is 2. The fraction of sp³-hybridized carbons (Fsp3) is 0.302. The number of para-hydroxylation sites is 1. The molecule has 0 spiro atoms. The molecule has 2 unspecified atom stereocenters. The Labute approximate surface area is 277 Å². The summed E-state index contributed by atoms with van der Waals surface area (Å²) in [6.07, 6.45) is 17.1. The summed E-state index contributed by atoms with van der Waals surface area (Å²) in [4.78, 5) is 10.6. The highest BCUT2D eigenvalue weighted by Gasteiger charge is 2.47. The second-order valence-corrected chi connectivity index (χ2v) is 13.6. The van der Waals surface area contributed by atoms with Crippen LogP contribution in [0.5, 0.6) is 0 Å². The van der Waals surface area contributed by atoms with Crippen LogP contribution >= 0.6 is 0 Å². The molecule has 2 aromatic heterocycles. The summed E-state index contributed by atoms with van der Waals surface area (Å²) in [5.41, 5.74) is 12.7. The van der Waals surface area contributed by atoms with Gasteiger partial charge in [0.2, 0.25) is 0 Å². The van der Waals surface area contributed by atoms with E-state index in [2.05, 4.69) is 109 Å². The molecule has 3 aliphatic rings. The molecule has 4 nitrogen and oxygen atoms in total. The van der Waals surface area contributed by atoms with E-state index in [4.69, 9.17) is 9.97 Å². The third kappa shape index (κ3) is 4.89. The molecule has 0 amide bonds. The monoisotopic (exact) mass is 618 g/mol.